The first-order valence-corrected chi connectivity index (χ1v) is 13.4. The zero-order valence-electron chi connectivity index (χ0n) is 20.2. The van der Waals surface area contributed by atoms with Gasteiger partial charge in [-0.25, -0.2) is 4.98 Å². The van der Waals surface area contributed by atoms with Crippen LogP contribution >= 0.6 is 11.3 Å². The number of hydrogen-bond donors (Lipinski definition) is 2. The van der Waals surface area contributed by atoms with Crippen LogP contribution in [0.4, 0.5) is 5.69 Å². The first-order valence-electron chi connectivity index (χ1n) is 12.6. The number of carboxylic acid groups (broad SMARTS) is 1. The molecular weight excluding hydrogens is 476 g/mol. The van der Waals surface area contributed by atoms with Crippen molar-refractivity contribution in [3.63, 3.8) is 0 Å². The number of anilines is 1. The molecule has 3 aliphatic rings. The van der Waals surface area contributed by atoms with Crippen molar-refractivity contribution in [3.05, 3.63) is 48.0 Å². The van der Waals surface area contributed by atoms with Crippen molar-refractivity contribution < 1.29 is 19.4 Å². The average Bonchev–Trinajstić information content (AvgIpc) is 3.50. The predicted octanol–water partition coefficient (Wildman–Crippen LogP) is 4.53. The quantitative estimate of drug-likeness (QED) is 0.486. The Kier molecular flexibility index (Phi) is 6.05. The molecule has 3 aliphatic heterocycles. The SMILES string of the molecule is CC(=O)N(CC(=O)O)C1C[C@H]2CC[C@@H](C1)N2CC1CNc2cc(Oc3nc4ccccc4s3)ccc21. The summed E-state index contributed by atoms with van der Waals surface area (Å²) in [4.78, 5) is 32.2. The van der Waals surface area contributed by atoms with E-state index in [1.807, 2.05) is 24.3 Å². The van der Waals surface area contributed by atoms with Crippen molar-refractivity contribution in [3.8, 4) is 10.9 Å². The molecule has 188 valence electrons. The number of nitrogens with zero attached hydrogens (tertiary/aromatic N) is 3. The molecule has 1 aromatic heterocycles. The number of thiazole rings is 1. The maximum atomic E-state index is 12.1. The highest BCUT2D eigenvalue weighted by molar-refractivity contribution is 7.20. The van der Waals surface area contributed by atoms with Gasteiger partial charge in [-0.05, 0) is 49.4 Å². The number of rotatable bonds is 7. The van der Waals surface area contributed by atoms with Crippen LogP contribution in [0.15, 0.2) is 42.5 Å². The molecule has 0 saturated carbocycles. The number of benzene rings is 2. The molecule has 2 N–H and O–H groups in total. The zero-order chi connectivity index (χ0) is 24.8. The molecule has 3 aromatic rings. The number of amides is 1. The molecule has 6 rings (SSSR count). The Morgan fingerprint density at radius 3 is 2.69 bits per heavy atom. The first-order chi connectivity index (χ1) is 17.4. The van der Waals surface area contributed by atoms with Crippen LogP contribution in [-0.2, 0) is 9.59 Å². The number of aromatic nitrogens is 1. The molecule has 2 unspecified atom stereocenters. The van der Waals surface area contributed by atoms with Crippen LogP contribution in [0.2, 0.25) is 0 Å². The van der Waals surface area contributed by atoms with Crippen LogP contribution in [0.3, 0.4) is 0 Å². The molecule has 2 bridgehead atoms. The molecule has 0 spiro atoms. The molecule has 2 saturated heterocycles. The van der Waals surface area contributed by atoms with Crippen LogP contribution in [0.5, 0.6) is 10.9 Å². The van der Waals surface area contributed by atoms with Gasteiger partial charge in [-0.15, -0.1) is 0 Å². The molecule has 2 aromatic carbocycles. The number of para-hydroxylation sites is 1. The van der Waals surface area contributed by atoms with Crippen LogP contribution in [-0.4, -0.2) is 69.5 Å². The fourth-order valence-electron chi connectivity index (χ4n) is 6.31. The second-order valence-corrected chi connectivity index (χ2v) is 11.1. The molecule has 4 atom stereocenters. The highest BCUT2D eigenvalue weighted by Gasteiger charge is 2.44. The van der Waals surface area contributed by atoms with E-state index < -0.39 is 5.97 Å². The number of ether oxygens (including phenoxy) is 1. The first kappa shape index (κ1) is 23.2. The summed E-state index contributed by atoms with van der Waals surface area (Å²) in [7, 11) is 0. The lowest BCUT2D eigenvalue weighted by Crippen LogP contribution is -2.53. The normalized spacial score (nSPS) is 24.9. The van der Waals surface area contributed by atoms with Gasteiger partial charge >= 0.3 is 5.97 Å². The van der Waals surface area contributed by atoms with Gasteiger partial charge in [0, 0.05) is 55.8 Å². The Morgan fingerprint density at radius 2 is 1.97 bits per heavy atom. The van der Waals surface area contributed by atoms with Gasteiger partial charge in [0.25, 0.3) is 5.19 Å². The Balaban J connectivity index is 1.12. The van der Waals surface area contributed by atoms with Crippen molar-refractivity contribution in [1.29, 1.82) is 0 Å². The molecule has 1 amide bonds. The van der Waals surface area contributed by atoms with Gasteiger partial charge < -0.3 is 20.1 Å². The van der Waals surface area contributed by atoms with Gasteiger partial charge in [0.05, 0.1) is 10.2 Å². The maximum Gasteiger partial charge on any atom is 0.323 e. The van der Waals surface area contributed by atoms with E-state index in [1.54, 1.807) is 16.2 Å². The molecule has 4 heterocycles. The Bertz CT molecular complexity index is 1260. The minimum Gasteiger partial charge on any atom is -0.480 e. The zero-order valence-corrected chi connectivity index (χ0v) is 21.0. The van der Waals surface area contributed by atoms with Crippen molar-refractivity contribution in [2.24, 2.45) is 0 Å². The van der Waals surface area contributed by atoms with Crippen LogP contribution in [0.25, 0.3) is 10.2 Å². The number of carboxylic acids is 1. The second kappa shape index (κ2) is 9.37. The number of nitrogens with one attached hydrogen (secondary N) is 1. The molecule has 9 heteroatoms. The number of piperidine rings is 1. The Labute approximate surface area is 213 Å². The molecule has 0 aliphatic carbocycles. The summed E-state index contributed by atoms with van der Waals surface area (Å²) in [5, 5.41) is 13.5. The summed E-state index contributed by atoms with van der Waals surface area (Å²) in [6.07, 6.45) is 3.93. The van der Waals surface area contributed by atoms with E-state index in [2.05, 4.69) is 33.4 Å². The van der Waals surface area contributed by atoms with E-state index in [9.17, 15) is 14.7 Å². The monoisotopic (exact) mass is 506 g/mol. The van der Waals surface area contributed by atoms with Gasteiger partial charge in [-0.2, -0.15) is 0 Å². The summed E-state index contributed by atoms with van der Waals surface area (Å²) in [6, 6.07) is 15.1. The fourth-order valence-corrected chi connectivity index (χ4v) is 7.14. The number of carbonyl (C=O) groups is 2. The number of hydrogen-bond acceptors (Lipinski definition) is 7. The summed E-state index contributed by atoms with van der Waals surface area (Å²) in [5.74, 6) is 0.0804. The third kappa shape index (κ3) is 4.41. The van der Waals surface area contributed by atoms with Gasteiger partial charge in [0.15, 0.2) is 0 Å². The standard InChI is InChI=1S/C27H30N4O4S/c1-16(32)30(15-26(33)34)20-10-18-6-7-19(11-20)31(18)14-17-13-28-24-12-21(8-9-22(17)24)35-27-29-23-4-2-3-5-25(23)36-27/h2-5,8-9,12,17-20,28H,6-7,10-11,13-15H2,1H3,(H,33,34)/t17?,18-,19+,20?. The molecular formula is C27H30N4O4S. The maximum absolute atomic E-state index is 12.1. The Hall–Kier alpha value is -3.17. The minimum absolute atomic E-state index is 0.0172. The third-order valence-electron chi connectivity index (χ3n) is 7.92. The molecule has 8 nitrogen and oxygen atoms in total. The van der Waals surface area contributed by atoms with Crippen LogP contribution < -0.4 is 10.1 Å². The van der Waals surface area contributed by atoms with Crippen molar-refractivity contribution in [2.75, 3.05) is 25.0 Å². The van der Waals surface area contributed by atoms with Crippen molar-refractivity contribution >= 4 is 39.1 Å². The van der Waals surface area contributed by atoms with Gasteiger partial charge in [-0.3, -0.25) is 14.5 Å². The highest BCUT2D eigenvalue weighted by atomic mass is 32.1. The number of carbonyl (C=O) groups excluding carboxylic acids is 1. The van der Waals surface area contributed by atoms with Crippen molar-refractivity contribution in [2.45, 2.75) is 56.7 Å². The average molecular weight is 507 g/mol. The fraction of sp³-hybridized carbons (Fsp3) is 0.444. The Morgan fingerprint density at radius 1 is 1.19 bits per heavy atom. The number of aliphatic carboxylic acids is 1. The van der Waals surface area contributed by atoms with Gasteiger partial charge in [0.1, 0.15) is 12.3 Å². The van der Waals surface area contributed by atoms with E-state index in [-0.39, 0.29) is 18.5 Å². The number of fused-ring (bicyclic) bond motifs is 4. The largest absolute Gasteiger partial charge is 0.480 e. The predicted molar refractivity (Wildman–Crippen MR) is 139 cm³/mol. The lowest BCUT2D eigenvalue weighted by molar-refractivity contribution is -0.146. The summed E-state index contributed by atoms with van der Waals surface area (Å²) in [5.41, 5.74) is 3.37. The van der Waals surface area contributed by atoms with E-state index in [0.29, 0.717) is 23.2 Å². The highest BCUT2D eigenvalue weighted by Crippen LogP contribution is 2.42. The van der Waals surface area contributed by atoms with E-state index in [0.717, 1.165) is 60.4 Å². The smallest absolute Gasteiger partial charge is 0.323 e. The topological polar surface area (TPSA) is 95.0 Å². The molecule has 0 radical (unpaired) electrons. The second-order valence-electron chi connectivity index (χ2n) is 10.1. The third-order valence-corrected chi connectivity index (χ3v) is 8.84. The lowest BCUT2D eigenvalue weighted by atomic mass is 9.93. The summed E-state index contributed by atoms with van der Waals surface area (Å²) < 4.78 is 7.19. The molecule has 36 heavy (non-hydrogen) atoms. The van der Waals surface area contributed by atoms with E-state index in [1.165, 1.54) is 12.5 Å². The van der Waals surface area contributed by atoms with E-state index >= 15 is 0 Å². The van der Waals surface area contributed by atoms with E-state index in [4.69, 9.17) is 4.74 Å². The lowest BCUT2D eigenvalue weighted by Gasteiger charge is -2.43. The minimum atomic E-state index is -0.944. The van der Waals surface area contributed by atoms with Gasteiger partial charge in [0.2, 0.25) is 5.91 Å². The summed E-state index contributed by atoms with van der Waals surface area (Å²) >= 11 is 1.55. The summed E-state index contributed by atoms with van der Waals surface area (Å²) in [6.45, 7) is 3.13. The van der Waals surface area contributed by atoms with Crippen molar-refractivity contribution in [1.82, 2.24) is 14.8 Å². The van der Waals surface area contributed by atoms with Gasteiger partial charge in [-0.1, -0.05) is 29.5 Å². The molecule has 2 fully saturated rings. The van der Waals surface area contributed by atoms with Crippen LogP contribution in [0.1, 0.15) is 44.1 Å². The van der Waals surface area contributed by atoms with Crippen LogP contribution in [0, 0.1) is 0 Å².